The van der Waals surface area contributed by atoms with E-state index in [0.29, 0.717) is 0 Å². The number of hydrogen-bond donors (Lipinski definition) is 2. The number of piperidine rings is 1. The van der Waals surface area contributed by atoms with E-state index in [2.05, 4.69) is 34.1 Å². The maximum atomic E-state index is 12.1. The number of carbonyl (C=O) groups is 1. The molecule has 2 aromatic rings. The molecule has 2 aliphatic rings. The van der Waals surface area contributed by atoms with Crippen LogP contribution < -0.4 is 0 Å². The fourth-order valence-corrected chi connectivity index (χ4v) is 5.17. The van der Waals surface area contributed by atoms with Crippen molar-refractivity contribution in [3.63, 3.8) is 0 Å². The predicted molar refractivity (Wildman–Crippen MR) is 103 cm³/mol. The first-order chi connectivity index (χ1) is 12.4. The lowest BCUT2D eigenvalue weighted by Gasteiger charge is -2.39. The van der Waals surface area contributed by atoms with Crippen molar-refractivity contribution in [2.75, 3.05) is 26.2 Å². The number of hydrogen-bond acceptors (Lipinski definition) is 3. The van der Waals surface area contributed by atoms with Crippen LogP contribution >= 0.6 is 0 Å². The minimum Gasteiger partial charge on any atom is -0.394 e. The van der Waals surface area contributed by atoms with Gasteiger partial charge in [-0.05, 0) is 62.4 Å². The third-order valence-electron chi connectivity index (χ3n) is 6.62. The maximum absolute atomic E-state index is 12.1. The highest BCUT2D eigenvalue weighted by atomic mass is 16.3. The molecule has 4 rings (SSSR count). The number of benzene rings is 1. The van der Waals surface area contributed by atoms with Crippen molar-refractivity contribution >= 4 is 16.8 Å². The van der Waals surface area contributed by atoms with Crippen LogP contribution in [0.3, 0.4) is 0 Å². The molecular formula is C21H29N3O2. The van der Waals surface area contributed by atoms with Crippen molar-refractivity contribution in [1.29, 1.82) is 0 Å². The lowest BCUT2D eigenvalue weighted by molar-refractivity contribution is -0.134. The molecule has 2 saturated heterocycles. The summed E-state index contributed by atoms with van der Waals surface area (Å²) >= 11 is 0. The zero-order valence-electron chi connectivity index (χ0n) is 15.8. The minimum absolute atomic E-state index is 0.0491. The number of aliphatic hydroxyl groups excluding tert-OH is 1. The monoisotopic (exact) mass is 355 g/mol. The molecule has 0 radical (unpaired) electrons. The number of H-pyrrole nitrogens is 1. The second kappa shape index (κ2) is 6.39. The fourth-order valence-electron chi connectivity index (χ4n) is 5.17. The van der Waals surface area contributed by atoms with Crippen molar-refractivity contribution in [1.82, 2.24) is 14.8 Å². The third-order valence-corrected chi connectivity index (χ3v) is 6.62. The maximum Gasteiger partial charge on any atom is 0.219 e. The Labute approximate surface area is 155 Å². The lowest BCUT2D eigenvalue weighted by atomic mass is 9.74. The van der Waals surface area contributed by atoms with Crippen LogP contribution in [0.5, 0.6) is 0 Å². The van der Waals surface area contributed by atoms with E-state index in [1.807, 2.05) is 18.0 Å². The Morgan fingerprint density at radius 3 is 2.69 bits per heavy atom. The zero-order chi connectivity index (χ0) is 18.4. The first-order valence-corrected chi connectivity index (χ1v) is 9.61. The van der Waals surface area contributed by atoms with Crippen LogP contribution in [-0.4, -0.2) is 57.6 Å². The van der Waals surface area contributed by atoms with Crippen LogP contribution in [-0.2, 0) is 11.3 Å². The molecule has 5 heteroatoms. The van der Waals surface area contributed by atoms with E-state index in [4.69, 9.17) is 0 Å². The molecule has 1 atom stereocenters. The van der Waals surface area contributed by atoms with E-state index in [1.54, 1.807) is 6.92 Å². The highest BCUT2D eigenvalue weighted by molar-refractivity contribution is 5.82. The van der Waals surface area contributed by atoms with Crippen LogP contribution in [0.15, 0.2) is 30.5 Å². The van der Waals surface area contributed by atoms with Crippen LogP contribution in [0.25, 0.3) is 10.9 Å². The molecule has 5 nitrogen and oxygen atoms in total. The van der Waals surface area contributed by atoms with Crippen molar-refractivity contribution in [2.24, 2.45) is 5.41 Å². The number of fused-ring (bicyclic) bond motifs is 1. The third kappa shape index (κ3) is 2.93. The average molecular weight is 355 g/mol. The van der Waals surface area contributed by atoms with Crippen molar-refractivity contribution in [2.45, 2.75) is 45.2 Å². The Morgan fingerprint density at radius 2 is 2.04 bits per heavy atom. The molecule has 0 saturated carbocycles. The molecule has 1 aromatic heterocycles. The van der Waals surface area contributed by atoms with Gasteiger partial charge in [0, 0.05) is 37.1 Å². The van der Waals surface area contributed by atoms with Gasteiger partial charge in [0.25, 0.3) is 0 Å². The molecule has 1 amide bonds. The number of aliphatic hydroxyl groups is 1. The molecule has 0 aliphatic carbocycles. The molecule has 26 heavy (non-hydrogen) atoms. The van der Waals surface area contributed by atoms with Gasteiger partial charge < -0.3 is 15.0 Å². The molecule has 140 valence electrons. The Bertz CT molecular complexity index is 806. The molecule has 2 N–H and O–H groups in total. The SMILES string of the molecule is CC(=O)N1CC2(CCN(Cc3cccc4[nH]ccc34)CC2)CC1(C)CO. The quantitative estimate of drug-likeness (QED) is 0.890. The number of amides is 1. The van der Waals surface area contributed by atoms with Gasteiger partial charge in [0.15, 0.2) is 0 Å². The standard InChI is InChI=1S/C21H29N3O2/c1-16(26)24-14-21(13-20(24,2)15-25)7-10-23(11-8-21)12-17-4-3-5-19-18(17)6-9-22-19/h3-6,9,22,25H,7-8,10-15H2,1-2H3. The number of aromatic nitrogens is 1. The summed E-state index contributed by atoms with van der Waals surface area (Å²) < 4.78 is 0. The topological polar surface area (TPSA) is 59.6 Å². The summed E-state index contributed by atoms with van der Waals surface area (Å²) in [6.07, 6.45) is 5.10. The number of nitrogens with one attached hydrogen (secondary N) is 1. The van der Waals surface area contributed by atoms with Crippen molar-refractivity contribution in [3.8, 4) is 0 Å². The fraction of sp³-hybridized carbons (Fsp3) is 0.571. The Morgan fingerprint density at radius 1 is 1.27 bits per heavy atom. The first kappa shape index (κ1) is 17.6. The van der Waals surface area contributed by atoms with E-state index in [-0.39, 0.29) is 17.9 Å². The van der Waals surface area contributed by atoms with Crippen LogP contribution in [0, 0.1) is 5.41 Å². The highest BCUT2D eigenvalue weighted by Gasteiger charge is 2.52. The van der Waals surface area contributed by atoms with E-state index in [0.717, 1.165) is 45.4 Å². The summed E-state index contributed by atoms with van der Waals surface area (Å²) in [6, 6.07) is 8.61. The smallest absolute Gasteiger partial charge is 0.219 e. The van der Waals surface area contributed by atoms with Gasteiger partial charge in [-0.15, -0.1) is 0 Å². The van der Waals surface area contributed by atoms with E-state index < -0.39 is 5.54 Å². The summed E-state index contributed by atoms with van der Waals surface area (Å²) in [4.78, 5) is 19.8. The molecule has 1 aromatic carbocycles. The van der Waals surface area contributed by atoms with Crippen molar-refractivity contribution in [3.05, 3.63) is 36.0 Å². The van der Waals surface area contributed by atoms with E-state index in [9.17, 15) is 9.90 Å². The summed E-state index contributed by atoms with van der Waals surface area (Å²) in [5.41, 5.74) is 2.34. The summed E-state index contributed by atoms with van der Waals surface area (Å²) in [7, 11) is 0. The average Bonchev–Trinajstić information content (AvgIpc) is 3.21. The largest absolute Gasteiger partial charge is 0.394 e. The highest BCUT2D eigenvalue weighted by Crippen LogP contribution is 2.48. The Hall–Kier alpha value is -1.85. The van der Waals surface area contributed by atoms with Gasteiger partial charge >= 0.3 is 0 Å². The molecule has 1 spiro atoms. The minimum atomic E-state index is -0.398. The lowest BCUT2D eigenvalue weighted by Crippen LogP contribution is -2.46. The van der Waals surface area contributed by atoms with E-state index in [1.165, 1.54) is 16.5 Å². The van der Waals surface area contributed by atoms with E-state index >= 15 is 0 Å². The van der Waals surface area contributed by atoms with Crippen LogP contribution in [0.4, 0.5) is 0 Å². The van der Waals surface area contributed by atoms with Gasteiger partial charge in [0.2, 0.25) is 5.91 Å². The second-order valence-corrected chi connectivity index (χ2v) is 8.57. The second-order valence-electron chi connectivity index (χ2n) is 8.57. The molecule has 3 heterocycles. The normalized spacial score (nSPS) is 26.0. The summed E-state index contributed by atoms with van der Waals surface area (Å²) in [6.45, 7) is 7.57. The van der Waals surface area contributed by atoms with Gasteiger partial charge in [0.05, 0.1) is 12.1 Å². The van der Waals surface area contributed by atoms with Gasteiger partial charge in [-0.1, -0.05) is 12.1 Å². The zero-order valence-corrected chi connectivity index (χ0v) is 15.8. The number of likely N-dealkylation sites (tertiary alicyclic amines) is 2. The van der Waals surface area contributed by atoms with Crippen LogP contribution in [0.1, 0.15) is 38.7 Å². The number of aromatic amines is 1. The van der Waals surface area contributed by atoms with Gasteiger partial charge in [-0.3, -0.25) is 9.69 Å². The summed E-state index contributed by atoms with van der Waals surface area (Å²) in [5.74, 6) is 0.0833. The van der Waals surface area contributed by atoms with Gasteiger partial charge in [-0.25, -0.2) is 0 Å². The predicted octanol–water partition coefficient (Wildman–Crippen LogP) is 2.75. The molecular weight excluding hydrogens is 326 g/mol. The molecule has 2 aliphatic heterocycles. The molecule has 2 fully saturated rings. The molecule has 0 bridgehead atoms. The van der Waals surface area contributed by atoms with Crippen molar-refractivity contribution < 1.29 is 9.90 Å². The van der Waals surface area contributed by atoms with Crippen LogP contribution in [0.2, 0.25) is 0 Å². The molecule has 1 unspecified atom stereocenters. The summed E-state index contributed by atoms with van der Waals surface area (Å²) in [5, 5.41) is 11.2. The first-order valence-electron chi connectivity index (χ1n) is 9.61. The van der Waals surface area contributed by atoms with Gasteiger partial charge in [-0.2, -0.15) is 0 Å². The Balaban J connectivity index is 1.44. The number of carbonyl (C=O) groups excluding carboxylic acids is 1. The number of nitrogens with zero attached hydrogens (tertiary/aromatic N) is 2. The number of rotatable bonds is 3. The Kier molecular flexibility index (Phi) is 4.32. The van der Waals surface area contributed by atoms with Gasteiger partial charge in [0.1, 0.15) is 0 Å².